The summed E-state index contributed by atoms with van der Waals surface area (Å²) < 4.78 is 23.5. The lowest BCUT2D eigenvalue weighted by Crippen LogP contribution is -2.23. The second kappa shape index (κ2) is 8.15. The maximum atomic E-state index is 13.0. The molecule has 0 radical (unpaired) electrons. The van der Waals surface area contributed by atoms with Crippen molar-refractivity contribution in [2.75, 3.05) is 19.0 Å². The number of nitrogens with two attached hydrogens (primary N) is 1. The van der Waals surface area contributed by atoms with E-state index in [1.807, 2.05) is 24.3 Å². The molecular formula is C19H19FN4O2. The molecule has 0 amide bonds. The van der Waals surface area contributed by atoms with Crippen LogP contribution in [0.3, 0.4) is 0 Å². The zero-order valence-corrected chi connectivity index (χ0v) is 14.3. The predicted molar refractivity (Wildman–Crippen MR) is 98.7 cm³/mol. The molecule has 0 fully saturated rings. The number of aliphatic imine (C=N–C) groups is 1. The number of aromatic nitrogens is 1. The minimum absolute atomic E-state index is 0.297. The minimum Gasteiger partial charge on any atom is -0.497 e. The molecule has 0 aliphatic rings. The highest BCUT2D eigenvalue weighted by molar-refractivity contribution is 5.92. The average Bonchev–Trinajstić information content (AvgIpc) is 3.12. The summed E-state index contributed by atoms with van der Waals surface area (Å²) in [5.41, 5.74) is 8.18. The van der Waals surface area contributed by atoms with Gasteiger partial charge in [0.25, 0.3) is 0 Å². The van der Waals surface area contributed by atoms with Gasteiger partial charge in [0.15, 0.2) is 5.96 Å². The number of hydrogen-bond donors (Lipinski definition) is 2. The fourth-order valence-corrected chi connectivity index (χ4v) is 2.30. The molecule has 0 saturated carbocycles. The minimum atomic E-state index is -0.297. The first kappa shape index (κ1) is 17.5. The van der Waals surface area contributed by atoms with Gasteiger partial charge >= 0.3 is 0 Å². The van der Waals surface area contributed by atoms with E-state index in [1.54, 1.807) is 25.5 Å². The number of benzene rings is 2. The van der Waals surface area contributed by atoms with Crippen molar-refractivity contribution in [1.82, 2.24) is 4.98 Å². The molecule has 1 aromatic heterocycles. The molecule has 0 spiro atoms. The standard InChI is InChI=1S/C19H19FN4O2/c1-25-17-8-6-15(7-9-17)24-19(21)22-11-10-16-12-26-18(23-16)13-2-4-14(20)5-3-13/h2-9,12H,10-11H2,1H3,(H3,21,22,24). The Kier molecular flexibility index (Phi) is 5.48. The predicted octanol–water partition coefficient (Wildman–Crippen LogP) is 3.46. The number of halogens is 1. The highest BCUT2D eigenvalue weighted by atomic mass is 19.1. The van der Waals surface area contributed by atoms with E-state index < -0.39 is 0 Å². The van der Waals surface area contributed by atoms with Gasteiger partial charge in [0.2, 0.25) is 5.89 Å². The van der Waals surface area contributed by atoms with Crippen LogP contribution < -0.4 is 15.8 Å². The summed E-state index contributed by atoms with van der Waals surface area (Å²) in [7, 11) is 1.61. The molecule has 3 rings (SSSR count). The van der Waals surface area contributed by atoms with Crippen LogP contribution in [0.1, 0.15) is 5.69 Å². The Labute approximate surface area is 150 Å². The van der Waals surface area contributed by atoms with Crippen LogP contribution >= 0.6 is 0 Å². The number of anilines is 1. The number of ether oxygens (including phenoxy) is 1. The molecule has 1 heterocycles. The number of rotatable bonds is 6. The van der Waals surface area contributed by atoms with Crippen molar-refractivity contribution in [3.63, 3.8) is 0 Å². The second-order valence-corrected chi connectivity index (χ2v) is 5.52. The maximum absolute atomic E-state index is 13.0. The molecule has 3 aromatic rings. The smallest absolute Gasteiger partial charge is 0.226 e. The molecule has 6 nitrogen and oxygen atoms in total. The number of nitrogens with zero attached hydrogens (tertiary/aromatic N) is 2. The lowest BCUT2D eigenvalue weighted by Gasteiger charge is -2.06. The zero-order valence-electron chi connectivity index (χ0n) is 14.3. The van der Waals surface area contributed by atoms with Crippen molar-refractivity contribution in [3.05, 3.63) is 66.3 Å². The molecule has 134 valence electrons. The average molecular weight is 354 g/mol. The first-order chi connectivity index (χ1) is 12.6. The quantitative estimate of drug-likeness (QED) is 0.523. The third-order valence-electron chi connectivity index (χ3n) is 3.66. The van der Waals surface area contributed by atoms with Crippen molar-refractivity contribution >= 4 is 11.6 Å². The monoisotopic (exact) mass is 354 g/mol. The van der Waals surface area contributed by atoms with Crippen molar-refractivity contribution in [1.29, 1.82) is 0 Å². The van der Waals surface area contributed by atoms with Gasteiger partial charge in [-0.1, -0.05) is 0 Å². The molecule has 0 saturated heterocycles. The number of nitrogens with one attached hydrogen (secondary N) is 1. The van der Waals surface area contributed by atoms with E-state index in [-0.39, 0.29) is 5.82 Å². The van der Waals surface area contributed by atoms with Gasteiger partial charge in [-0.05, 0) is 48.5 Å². The molecule has 0 aliphatic heterocycles. The van der Waals surface area contributed by atoms with Gasteiger partial charge in [0.05, 0.1) is 12.8 Å². The summed E-state index contributed by atoms with van der Waals surface area (Å²) in [6.07, 6.45) is 2.15. The molecule has 2 aromatic carbocycles. The lowest BCUT2D eigenvalue weighted by molar-refractivity contribution is 0.415. The summed E-state index contributed by atoms with van der Waals surface area (Å²) in [6, 6.07) is 13.4. The molecule has 0 aliphatic carbocycles. The van der Waals surface area contributed by atoms with Crippen molar-refractivity contribution in [2.45, 2.75) is 6.42 Å². The van der Waals surface area contributed by atoms with Crippen LogP contribution in [0.2, 0.25) is 0 Å². The van der Waals surface area contributed by atoms with Crippen molar-refractivity contribution in [3.8, 4) is 17.2 Å². The molecular weight excluding hydrogens is 335 g/mol. The van der Waals surface area contributed by atoms with E-state index in [0.29, 0.717) is 24.8 Å². The summed E-state index contributed by atoms with van der Waals surface area (Å²) in [5, 5.41) is 3.01. The third-order valence-corrected chi connectivity index (χ3v) is 3.66. The Hall–Kier alpha value is -3.35. The number of hydrogen-bond acceptors (Lipinski definition) is 4. The third kappa shape index (κ3) is 4.60. The number of guanidine groups is 1. The molecule has 0 atom stereocenters. The Morgan fingerprint density at radius 1 is 1.19 bits per heavy atom. The summed E-state index contributed by atoms with van der Waals surface area (Å²) >= 11 is 0. The van der Waals surface area contributed by atoms with Gasteiger partial charge in [-0.25, -0.2) is 9.37 Å². The van der Waals surface area contributed by atoms with E-state index in [9.17, 15) is 4.39 Å². The fourth-order valence-electron chi connectivity index (χ4n) is 2.30. The van der Waals surface area contributed by atoms with E-state index >= 15 is 0 Å². The summed E-state index contributed by atoms with van der Waals surface area (Å²) in [6.45, 7) is 0.463. The van der Waals surface area contributed by atoms with E-state index in [1.165, 1.54) is 12.1 Å². The van der Waals surface area contributed by atoms with Crippen LogP contribution in [0.25, 0.3) is 11.5 Å². The first-order valence-corrected chi connectivity index (χ1v) is 8.05. The van der Waals surface area contributed by atoms with Gasteiger partial charge in [-0.3, -0.25) is 4.99 Å². The normalized spacial score (nSPS) is 11.4. The number of methoxy groups -OCH3 is 1. The number of oxazole rings is 1. The molecule has 26 heavy (non-hydrogen) atoms. The van der Waals surface area contributed by atoms with Gasteiger partial charge in [0.1, 0.15) is 17.8 Å². The summed E-state index contributed by atoms with van der Waals surface area (Å²) in [5.74, 6) is 1.24. The Morgan fingerprint density at radius 3 is 2.62 bits per heavy atom. The van der Waals surface area contributed by atoms with E-state index in [4.69, 9.17) is 14.9 Å². The highest BCUT2D eigenvalue weighted by Crippen LogP contribution is 2.19. The maximum Gasteiger partial charge on any atom is 0.226 e. The zero-order chi connectivity index (χ0) is 18.4. The van der Waals surface area contributed by atoms with Crippen LogP contribution in [-0.4, -0.2) is 24.6 Å². The lowest BCUT2D eigenvalue weighted by atomic mass is 10.2. The Bertz CT molecular complexity index is 873. The van der Waals surface area contributed by atoms with Gasteiger partial charge in [-0.15, -0.1) is 0 Å². The summed E-state index contributed by atoms with van der Waals surface area (Å²) in [4.78, 5) is 8.65. The van der Waals surface area contributed by atoms with Gasteiger partial charge in [-0.2, -0.15) is 0 Å². The SMILES string of the molecule is COc1ccc(NC(N)=NCCc2coc(-c3ccc(F)cc3)n2)cc1. The van der Waals surface area contributed by atoms with E-state index in [0.717, 1.165) is 22.7 Å². The molecule has 0 unspecified atom stereocenters. The molecule has 3 N–H and O–H groups in total. The van der Waals surface area contributed by atoms with Crippen molar-refractivity contribution in [2.24, 2.45) is 10.7 Å². The molecule has 7 heteroatoms. The Morgan fingerprint density at radius 2 is 1.92 bits per heavy atom. The van der Waals surface area contributed by atoms with Crippen LogP contribution in [-0.2, 0) is 6.42 Å². The second-order valence-electron chi connectivity index (χ2n) is 5.52. The van der Waals surface area contributed by atoms with E-state index in [2.05, 4.69) is 15.3 Å². The van der Waals surface area contributed by atoms with Crippen LogP contribution in [0.5, 0.6) is 5.75 Å². The molecule has 0 bridgehead atoms. The van der Waals surface area contributed by atoms with Crippen LogP contribution in [0, 0.1) is 5.82 Å². The first-order valence-electron chi connectivity index (χ1n) is 8.05. The topological polar surface area (TPSA) is 85.7 Å². The van der Waals surface area contributed by atoms with Gasteiger partial charge < -0.3 is 20.2 Å². The van der Waals surface area contributed by atoms with Crippen LogP contribution in [0.15, 0.2) is 64.2 Å². The Balaban J connectivity index is 1.53. The van der Waals surface area contributed by atoms with Gasteiger partial charge in [0, 0.05) is 24.2 Å². The fraction of sp³-hybridized carbons (Fsp3) is 0.158. The largest absolute Gasteiger partial charge is 0.497 e. The van der Waals surface area contributed by atoms with Crippen LogP contribution in [0.4, 0.5) is 10.1 Å². The van der Waals surface area contributed by atoms with Crippen molar-refractivity contribution < 1.29 is 13.5 Å². The highest BCUT2D eigenvalue weighted by Gasteiger charge is 2.06.